The summed E-state index contributed by atoms with van der Waals surface area (Å²) in [6, 6.07) is 9.81. The van der Waals surface area contributed by atoms with Crippen molar-refractivity contribution in [1.29, 1.82) is 0 Å². The second-order valence-corrected chi connectivity index (χ2v) is 6.68. The molecule has 0 fully saturated rings. The van der Waals surface area contributed by atoms with Crippen molar-refractivity contribution in [2.75, 3.05) is 20.8 Å². The van der Waals surface area contributed by atoms with E-state index < -0.39 is 0 Å². The largest absolute Gasteiger partial charge is 0.493 e. The number of ether oxygens (including phenoxy) is 2. The second-order valence-electron chi connectivity index (χ2n) is 6.68. The van der Waals surface area contributed by atoms with Gasteiger partial charge in [0, 0.05) is 17.5 Å². The summed E-state index contributed by atoms with van der Waals surface area (Å²) in [7, 11) is 3.22. The Morgan fingerprint density at radius 1 is 1.00 bits per heavy atom. The third-order valence-corrected chi connectivity index (χ3v) is 4.91. The number of furan rings is 1. The van der Waals surface area contributed by atoms with E-state index in [4.69, 9.17) is 13.9 Å². The first-order chi connectivity index (χ1) is 12.9. The average Bonchev–Trinajstić information content (AvgIpc) is 2.97. The molecule has 1 heterocycles. The van der Waals surface area contributed by atoms with Crippen LogP contribution in [0.4, 0.5) is 0 Å². The fraction of sp³-hybridized carbons (Fsp3) is 0.318. The highest BCUT2D eigenvalue weighted by atomic mass is 16.5. The number of nitrogens with one attached hydrogen (secondary N) is 1. The lowest BCUT2D eigenvalue weighted by molar-refractivity contribution is 0.0928. The molecular weight excluding hydrogens is 342 g/mol. The van der Waals surface area contributed by atoms with Crippen LogP contribution in [0.25, 0.3) is 11.0 Å². The molecule has 0 saturated heterocycles. The van der Waals surface area contributed by atoms with Crippen LogP contribution in [0.15, 0.2) is 34.7 Å². The minimum absolute atomic E-state index is 0.195. The minimum Gasteiger partial charge on any atom is -0.493 e. The van der Waals surface area contributed by atoms with Crippen LogP contribution in [-0.2, 0) is 6.42 Å². The number of carbonyl (C=O) groups is 1. The van der Waals surface area contributed by atoms with E-state index in [1.165, 1.54) is 5.56 Å². The van der Waals surface area contributed by atoms with E-state index in [0.29, 0.717) is 30.2 Å². The highest BCUT2D eigenvalue weighted by molar-refractivity contribution is 5.99. The molecule has 0 aliphatic rings. The summed E-state index contributed by atoms with van der Waals surface area (Å²) in [6.45, 7) is 6.52. The third kappa shape index (κ3) is 3.77. The summed E-state index contributed by atoms with van der Waals surface area (Å²) in [5.74, 6) is 1.55. The number of benzene rings is 2. The van der Waals surface area contributed by atoms with Crippen LogP contribution in [0.1, 0.15) is 32.8 Å². The molecule has 0 atom stereocenters. The van der Waals surface area contributed by atoms with E-state index in [9.17, 15) is 4.79 Å². The monoisotopic (exact) mass is 367 g/mol. The first-order valence-corrected chi connectivity index (χ1v) is 8.94. The predicted molar refractivity (Wildman–Crippen MR) is 106 cm³/mol. The van der Waals surface area contributed by atoms with Gasteiger partial charge in [-0.1, -0.05) is 6.07 Å². The molecule has 27 heavy (non-hydrogen) atoms. The van der Waals surface area contributed by atoms with Crippen molar-refractivity contribution in [2.24, 2.45) is 0 Å². The molecule has 0 unspecified atom stereocenters. The van der Waals surface area contributed by atoms with Gasteiger partial charge in [0.05, 0.1) is 14.2 Å². The van der Waals surface area contributed by atoms with Crippen LogP contribution in [0.5, 0.6) is 11.5 Å². The zero-order chi connectivity index (χ0) is 19.6. The van der Waals surface area contributed by atoms with Crippen molar-refractivity contribution in [3.05, 3.63) is 58.3 Å². The van der Waals surface area contributed by atoms with Gasteiger partial charge in [-0.2, -0.15) is 0 Å². The van der Waals surface area contributed by atoms with Gasteiger partial charge < -0.3 is 19.2 Å². The Bertz CT molecular complexity index is 988. The molecule has 0 radical (unpaired) electrons. The van der Waals surface area contributed by atoms with Crippen LogP contribution >= 0.6 is 0 Å². The molecule has 0 aliphatic carbocycles. The zero-order valence-corrected chi connectivity index (χ0v) is 16.4. The number of amides is 1. The van der Waals surface area contributed by atoms with Crippen LogP contribution in [0, 0.1) is 20.8 Å². The van der Waals surface area contributed by atoms with Crippen molar-refractivity contribution < 1.29 is 18.7 Å². The lowest BCUT2D eigenvalue weighted by atomic mass is 10.0. The van der Waals surface area contributed by atoms with Crippen LogP contribution in [0.3, 0.4) is 0 Å². The minimum atomic E-state index is -0.195. The van der Waals surface area contributed by atoms with Gasteiger partial charge in [-0.15, -0.1) is 0 Å². The highest BCUT2D eigenvalue weighted by Crippen LogP contribution is 2.29. The van der Waals surface area contributed by atoms with Gasteiger partial charge in [-0.05, 0) is 68.1 Å². The van der Waals surface area contributed by atoms with Gasteiger partial charge in [0.25, 0.3) is 5.91 Å². The molecule has 1 N–H and O–H groups in total. The molecule has 2 aromatic carbocycles. The molecule has 1 amide bonds. The second kappa shape index (κ2) is 7.74. The SMILES string of the molecule is COc1ccc(CCNC(=O)c2oc3cc(C)c(C)cc3c2C)cc1OC. The van der Waals surface area contributed by atoms with Crippen molar-refractivity contribution >= 4 is 16.9 Å². The Morgan fingerprint density at radius 3 is 2.41 bits per heavy atom. The number of carbonyl (C=O) groups excluding carboxylic acids is 1. The topological polar surface area (TPSA) is 60.7 Å². The number of rotatable bonds is 6. The quantitative estimate of drug-likeness (QED) is 0.704. The number of fused-ring (bicyclic) bond motifs is 1. The summed E-state index contributed by atoms with van der Waals surface area (Å²) in [5, 5.41) is 3.93. The Kier molecular flexibility index (Phi) is 5.40. The summed E-state index contributed by atoms with van der Waals surface area (Å²) in [6.07, 6.45) is 0.684. The Hall–Kier alpha value is -2.95. The van der Waals surface area contributed by atoms with Crippen LogP contribution in [0.2, 0.25) is 0 Å². The van der Waals surface area contributed by atoms with Crippen molar-refractivity contribution in [2.45, 2.75) is 27.2 Å². The van der Waals surface area contributed by atoms with Gasteiger partial charge in [-0.25, -0.2) is 0 Å². The first-order valence-electron chi connectivity index (χ1n) is 8.94. The van der Waals surface area contributed by atoms with Crippen LogP contribution < -0.4 is 14.8 Å². The molecule has 5 heteroatoms. The Labute approximate surface area is 159 Å². The molecule has 1 aromatic heterocycles. The molecule has 5 nitrogen and oxygen atoms in total. The maximum absolute atomic E-state index is 12.6. The Morgan fingerprint density at radius 2 is 1.70 bits per heavy atom. The van der Waals surface area contributed by atoms with Crippen molar-refractivity contribution in [3.8, 4) is 11.5 Å². The summed E-state index contributed by atoms with van der Waals surface area (Å²) in [5.41, 5.74) is 5.02. The summed E-state index contributed by atoms with van der Waals surface area (Å²) < 4.78 is 16.4. The van der Waals surface area contributed by atoms with Gasteiger partial charge >= 0.3 is 0 Å². The first kappa shape index (κ1) is 18.8. The molecule has 3 aromatic rings. The van der Waals surface area contributed by atoms with E-state index in [1.54, 1.807) is 14.2 Å². The third-order valence-electron chi connectivity index (χ3n) is 4.91. The maximum Gasteiger partial charge on any atom is 0.287 e. The van der Waals surface area contributed by atoms with E-state index in [1.807, 2.05) is 38.1 Å². The van der Waals surface area contributed by atoms with E-state index in [0.717, 1.165) is 27.7 Å². The van der Waals surface area contributed by atoms with E-state index in [2.05, 4.69) is 18.3 Å². The van der Waals surface area contributed by atoms with Gasteiger partial charge in [0.15, 0.2) is 17.3 Å². The van der Waals surface area contributed by atoms with Crippen LogP contribution in [-0.4, -0.2) is 26.7 Å². The van der Waals surface area contributed by atoms with E-state index in [-0.39, 0.29) is 5.91 Å². The number of methoxy groups -OCH3 is 2. The standard InChI is InChI=1S/C22H25NO4/c1-13-10-17-15(3)21(27-19(17)11-14(13)2)22(24)23-9-8-16-6-7-18(25-4)20(12-16)26-5/h6-7,10-12H,8-9H2,1-5H3,(H,23,24). The molecule has 142 valence electrons. The fourth-order valence-electron chi connectivity index (χ4n) is 3.13. The van der Waals surface area contributed by atoms with Crippen molar-refractivity contribution in [3.63, 3.8) is 0 Å². The lowest BCUT2D eigenvalue weighted by Gasteiger charge is -2.10. The maximum atomic E-state index is 12.6. The molecule has 0 aliphatic heterocycles. The normalized spacial score (nSPS) is 10.9. The average molecular weight is 367 g/mol. The molecule has 0 spiro atoms. The van der Waals surface area contributed by atoms with Gasteiger partial charge in [0.1, 0.15) is 5.58 Å². The summed E-state index contributed by atoms with van der Waals surface area (Å²) in [4.78, 5) is 12.6. The molecule has 0 saturated carbocycles. The van der Waals surface area contributed by atoms with Gasteiger partial charge in [0.2, 0.25) is 0 Å². The lowest BCUT2D eigenvalue weighted by Crippen LogP contribution is -2.25. The highest BCUT2D eigenvalue weighted by Gasteiger charge is 2.18. The fourth-order valence-corrected chi connectivity index (χ4v) is 3.13. The summed E-state index contributed by atoms with van der Waals surface area (Å²) >= 11 is 0. The van der Waals surface area contributed by atoms with E-state index >= 15 is 0 Å². The molecular formula is C22H25NO4. The number of aryl methyl sites for hydroxylation is 3. The van der Waals surface area contributed by atoms with Crippen molar-refractivity contribution in [1.82, 2.24) is 5.32 Å². The smallest absolute Gasteiger partial charge is 0.287 e. The molecule has 0 bridgehead atoms. The van der Waals surface area contributed by atoms with Gasteiger partial charge in [-0.3, -0.25) is 4.79 Å². The zero-order valence-electron chi connectivity index (χ0n) is 16.4. The number of hydrogen-bond acceptors (Lipinski definition) is 4. The molecule has 3 rings (SSSR count). The Balaban J connectivity index is 1.69. The predicted octanol–water partition coefficient (Wildman–Crippen LogP) is 4.35. The number of hydrogen-bond donors (Lipinski definition) is 1.